The lowest BCUT2D eigenvalue weighted by atomic mass is 9.92. The molecular formula is C11H25N3O. The fourth-order valence-electron chi connectivity index (χ4n) is 2.03. The molecule has 90 valence electrons. The third kappa shape index (κ3) is 4.93. The molecule has 1 rings (SSSR count). The molecule has 0 amide bonds. The van der Waals surface area contributed by atoms with Gasteiger partial charge in [-0.3, -0.25) is 0 Å². The van der Waals surface area contributed by atoms with E-state index in [1.165, 1.54) is 0 Å². The number of likely N-dealkylation sites (N-methyl/N-ethyl adjacent to an activating group) is 1. The van der Waals surface area contributed by atoms with E-state index in [0.29, 0.717) is 12.0 Å². The molecule has 1 aliphatic heterocycles. The summed E-state index contributed by atoms with van der Waals surface area (Å²) in [5.41, 5.74) is 5.80. The predicted molar refractivity (Wildman–Crippen MR) is 62.9 cm³/mol. The molecule has 4 nitrogen and oxygen atoms in total. The quantitative estimate of drug-likeness (QED) is 0.649. The van der Waals surface area contributed by atoms with E-state index in [9.17, 15) is 0 Å². The van der Waals surface area contributed by atoms with Crippen LogP contribution in [-0.4, -0.2) is 57.9 Å². The van der Waals surface area contributed by atoms with E-state index in [0.717, 1.165) is 45.7 Å². The van der Waals surface area contributed by atoms with Crippen molar-refractivity contribution in [3.63, 3.8) is 0 Å². The van der Waals surface area contributed by atoms with Gasteiger partial charge in [-0.05, 0) is 32.9 Å². The third-order valence-corrected chi connectivity index (χ3v) is 3.05. The Labute approximate surface area is 93.1 Å². The van der Waals surface area contributed by atoms with E-state index >= 15 is 0 Å². The molecule has 4 heteroatoms. The van der Waals surface area contributed by atoms with Crippen molar-refractivity contribution in [1.29, 1.82) is 0 Å². The van der Waals surface area contributed by atoms with E-state index in [2.05, 4.69) is 24.3 Å². The molecular weight excluding hydrogens is 190 g/mol. The van der Waals surface area contributed by atoms with Gasteiger partial charge in [0, 0.05) is 38.9 Å². The minimum Gasteiger partial charge on any atom is -0.381 e. The highest BCUT2D eigenvalue weighted by molar-refractivity contribution is 4.79. The van der Waals surface area contributed by atoms with Gasteiger partial charge < -0.3 is 20.7 Å². The molecule has 1 aliphatic rings. The van der Waals surface area contributed by atoms with Gasteiger partial charge in [0.05, 0.1) is 0 Å². The summed E-state index contributed by atoms with van der Waals surface area (Å²) < 4.78 is 5.36. The first kappa shape index (κ1) is 12.9. The second kappa shape index (κ2) is 7.17. The Kier molecular flexibility index (Phi) is 6.17. The Morgan fingerprint density at radius 1 is 1.40 bits per heavy atom. The predicted octanol–water partition coefficient (Wildman–Crippen LogP) is -0.108. The monoisotopic (exact) mass is 215 g/mol. The van der Waals surface area contributed by atoms with Gasteiger partial charge in [-0.25, -0.2) is 0 Å². The van der Waals surface area contributed by atoms with Gasteiger partial charge in [0.1, 0.15) is 0 Å². The molecule has 1 fully saturated rings. The first-order valence-corrected chi connectivity index (χ1v) is 5.90. The highest BCUT2D eigenvalue weighted by Gasteiger charge is 2.22. The lowest BCUT2D eigenvalue weighted by molar-refractivity contribution is 0.0546. The number of nitrogens with one attached hydrogen (secondary N) is 1. The summed E-state index contributed by atoms with van der Waals surface area (Å²) in [7, 11) is 4.18. The van der Waals surface area contributed by atoms with Crippen LogP contribution in [0.2, 0.25) is 0 Å². The molecule has 15 heavy (non-hydrogen) atoms. The SMILES string of the molecule is CN(C)CCNC(CN)C1CCOCC1. The smallest absolute Gasteiger partial charge is 0.0469 e. The molecule has 0 aromatic carbocycles. The van der Waals surface area contributed by atoms with Crippen LogP contribution in [0, 0.1) is 5.92 Å². The fourth-order valence-corrected chi connectivity index (χ4v) is 2.03. The number of hydrogen-bond acceptors (Lipinski definition) is 4. The number of nitrogens with zero attached hydrogens (tertiary/aromatic N) is 1. The fraction of sp³-hybridized carbons (Fsp3) is 1.00. The number of ether oxygens (including phenoxy) is 1. The Balaban J connectivity index is 2.21. The van der Waals surface area contributed by atoms with Gasteiger partial charge in [0.2, 0.25) is 0 Å². The highest BCUT2D eigenvalue weighted by atomic mass is 16.5. The molecule has 0 radical (unpaired) electrons. The normalized spacial score (nSPS) is 20.8. The van der Waals surface area contributed by atoms with Crippen molar-refractivity contribution in [2.24, 2.45) is 11.7 Å². The van der Waals surface area contributed by atoms with E-state index in [1.54, 1.807) is 0 Å². The molecule has 0 aliphatic carbocycles. The molecule has 0 aromatic heterocycles. The van der Waals surface area contributed by atoms with Crippen LogP contribution < -0.4 is 11.1 Å². The molecule has 1 saturated heterocycles. The van der Waals surface area contributed by atoms with Crippen LogP contribution >= 0.6 is 0 Å². The van der Waals surface area contributed by atoms with E-state index in [-0.39, 0.29) is 0 Å². The zero-order valence-electron chi connectivity index (χ0n) is 10.0. The zero-order chi connectivity index (χ0) is 11.1. The summed E-state index contributed by atoms with van der Waals surface area (Å²) in [5.74, 6) is 0.700. The minimum absolute atomic E-state index is 0.467. The van der Waals surface area contributed by atoms with E-state index < -0.39 is 0 Å². The number of rotatable bonds is 6. The van der Waals surface area contributed by atoms with E-state index in [1.807, 2.05) is 0 Å². The van der Waals surface area contributed by atoms with Crippen LogP contribution in [0.3, 0.4) is 0 Å². The molecule has 1 atom stereocenters. The summed E-state index contributed by atoms with van der Waals surface area (Å²) in [6, 6.07) is 0.467. The molecule has 0 bridgehead atoms. The maximum absolute atomic E-state index is 5.80. The second-order valence-electron chi connectivity index (χ2n) is 4.55. The summed E-state index contributed by atoms with van der Waals surface area (Å²) in [4.78, 5) is 2.19. The maximum Gasteiger partial charge on any atom is 0.0469 e. The standard InChI is InChI=1S/C11H25N3O/c1-14(2)6-5-13-11(9-12)10-3-7-15-8-4-10/h10-11,13H,3-9,12H2,1-2H3. The summed E-state index contributed by atoms with van der Waals surface area (Å²) in [6.45, 7) is 4.62. The summed E-state index contributed by atoms with van der Waals surface area (Å²) >= 11 is 0. The number of hydrogen-bond donors (Lipinski definition) is 2. The molecule has 1 unspecified atom stereocenters. The van der Waals surface area contributed by atoms with Gasteiger partial charge in [0.25, 0.3) is 0 Å². The van der Waals surface area contributed by atoms with Gasteiger partial charge in [-0.1, -0.05) is 0 Å². The van der Waals surface area contributed by atoms with E-state index in [4.69, 9.17) is 10.5 Å². The van der Waals surface area contributed by atoms with Crippen LogP contribution in [0.15, 0.2) is 0 Å². The van der Waals surface area contributed by atoms with Gasteiger partial charge >= 0.3 is 0 Å². The van der Waals surface area contributed by atoms with Crippen molar-refractivity contribution in [2.75, 3.05) is 46.9 Å². The number of nitrogens with two attached hydrogens (primary N) is 1. The van der Waals surface area contributed by atoms with Gasteiger partial charge in [0.15, 0.2) is 0 Å². The Morgan fingerprint density at radius 2 is 2.07 bits per heavy atom. The van der Waals surface area contributed by atoms with Crippen molar-refractivity contribution >= 4 is 0 Å². The van der Waals surface area contributed by atoms with Crippen molar-refractivity contribution in [2.45, 2.75) is 18.9 Å². The van der Waals surface area contributed by atoms with Crippen molar-refractivity contribution < 1.29 is 4.74 Å². The first-order chi connectivity index (χ1) is 7.24. The largest absolute Gasteiger partial charge is 0.381 e. The Bertz CT molecular complexity index is 158. The minimum atomic E-state index is 0.467. The third-order valence-electron chi connectivity index (χ3n) is 3.05. The average Bonchev–Trinajstić information content (AvgIpc) is 2.25. The lowest BCUT2D eigenvalue weighted by Crippen LogP contribution is -2.46. The topological polar surface area (TPSA) is 50.5 Å². The summed E-state index contributed by atoms with van der Waals surface area (Å²) in [5, 5.41) is 3.55. The molecule has 0 saturated carbocycles. The van der Waals surface area contributed by atoms with Gasteiger partial charge in [-0.2, -0.15) is 0 Å². The van der Waals surface area contributed by atoms with Gasteiger partial charge in [-0.15, -0.1) is 0 Å². The van der Waals surface area contributed by atoms with Crippen LogP contribution in [0.25, 0.3) is 0 Å². The molecule has 0 aromatic rings. The lowest BCUT2D eigenvalue weighted by Gasteiger charge is -2.30. The van der Waals surface area contributed by atoms with Crippen molar-refractivity contribution in [3.8, 4) is 0 Å². The molecule has 3 N–H and O–H groups in total. The van der Waals surface area contributed by atoms with Crippen LogP contribution in [0.1, 0.15) is 12.8 Å². The summed E-state index contributed by atoms with van der Waals surface area (Å²) in [6.07, 6.45) is 2.30. The van der Waals surface area contributed by atoms with Crippen LogP contribution in [0.5, 0.6) is 0 Å². The zero-order valence-corrected chi connectivity index (χ0v) is 10.0. The Morgan fingerprint density at radius 3 is 2.60 bits per heavy atom. The average molecular weight is 215 g/mol. The second-order valence-corrected chi connectivity index (χ2v) is 4.55. The Hall–Kier alpha value is -0.160. The van der Waals surface area contributed by atoms with Crippen LogP contribution in [0.4, 0.5) is 0 Å². The molecule has 0 spiro atoms. The van der Waals surface area contributed by atoms with Crippen molar-refractivity contribution in [1.82, 2.24) is 10.2 Å². The van der Waals surface area contributed by atoms with Crippen molar-refractivity contribution in [3.05, 3.63) is 0 Å². The first-order valence-electron chi connectivity index (χ1n) is 5.90. The molecule has 1 heterocycles. The highest BCUT2D eigenvalue weighted by Crippen LogP contribution is 2.18. The maximum atomic E-state index is 5.80. The van der Waals surface area contributed by atoms with Crippen LogP contribution in [-0.2, 0) is 4.74 Å².